The van der Waals surface area contributed by atoms with E-state index < -0.39 is 21.7 Å². The highest BCUT2D eigenvalue weighted by molar-refractivity contribution is 7.89. The van der Waals surface area contributed by atoms with Gasteiger partial charge in [0.2, 0.25) is 10.0 Å². The highest BCUT2D eigenvalue weighted by atomic mass is 35.5. The van der Waals surface area contributed by atoms with Gasteiger partial charge in [-0.3, -0.25) is 4.79 Å². The summed E-state index contributed by atoms with van der Waals surface area (Å²) in [5.74, 6) is -1.59. The Morgan fingerprint density at radius 2 is 1.70 bits per heavy atom. The molecule has 27 heavy (non-hydrogen) atoms. The minimum absolute atomic E-state index is 0.106. The predicted octanol–water partition coefficient (Wildman–Crippen LogP) is 4.56. The second kappa shape index (κ2) is 8.14. The number of sulfonamides is 1. The fourth-order valence-corrected chi connectivity index (χ4v) is 4.71. The minimum Gasteiger partial charge on any atom is -0.322 e. The molecule has 0 aliphatic carbocycles. The molecule has 1 aliphatic rings. The number of nitrogens with one attached hydrogen (secondary N) is 1. The molecular weight excluding hydrogens is 414 g/mol. The molecule has 0 aromatic heterocycles. The number of nitrogens with zero attached hydrogens (tertiary/aromatic N) is 1. The molecule has 1 amide bonds. The lowest BCUT2D eigenvalue weighted by Crippen LogP contribution is -2.35. The fraction of sp³-hybridized carbons (Fsp3) is 0.278. The van der Waals surface area contributed by atoms with Gasteiger partial charge in [-0.05, 0) is 49.2 Å². The Morgan fingerprint density at radius 1 is 1.00 bits per heavy atom. The largest absolute Gasteiger partial charge is 0.322 e. The summed E-state index contributed by atoms with van der Waals surface area (Å²) in [6.45, 7) is 0.842. The first-order valence-corrected chi connectivity index (χ1v) is 10.5. The number of hydrogen-bond donors (Lipinski definition) is 1. The molecule has 0 radical (unpaired) electrons. The van der Waals surface area contributed by atoms with Crippen LogP contribution in [-0.2, 0) is 10.0 Å². The highest BCUT2D eigenvalue weighted by Crippen LogP contribution is 2.26. The number of carbonyl (C=O) groups is 1. The molecule has 0 saturated carbocycles. The summed E-state index contributed by atoms with van der Waals surface area (Å²) >= 11 is 11.7. The molecule has 5 nitrogen and oxygen atoms in total. The zero-order chi connectivity index (χ0) is 19.6. The molecule has 3 rings (SSSR count). The summed E-state index contributed by atoms with van der Waals surface area (Å²) in [7, 11) is -3.77. The van der Waals surface area contributed by atoms with Gasteiger partial charge in [0.1, 0.15) is 5.82 Å². The van der Waals surface area contributed by atoms with Crippen molar-refractivity contribution < 1.29 is 17.6 Å². The van der Waals surface area contributed by atoms with Gasteiger partial charge in [0.25, 0.3) is 5.91 Å². The fourth-order valence-electron chi connectivity index (χ4n) is 2.87. The van der Waals surface area contributed by atoms with Crippen molar-refractivity contribution in [2.45, 2.75) is 24.2 Å². The molecule has 1 N–H and O–H groups in total. The maximum atomic E-state index is 14.2. The number of benzene rings is 2. The molecular formula is C18H17Cl2FN2O3S. The van der Waals surface area contributed by atoms with Crippen LogP contribution in [0.5, 0.6) is 0 Å². The molecule has 0 atom stereocenters. The van der Waals surface area contributed by atoms with Crippen LogP contribution in [0.2, 0.25) is 10.0 Å². The summed E-state index contributed by atoms with van der Waals surface area (Å²) in [5.41, 5.74) is -0.0442. The van der Waals surface area contributed by atoms with Crippen LogP contribution in [0.25, 0.3) is 0 Å². The minimum atomic E-state index is -3.77. The molecule has 1 saturated heterocycles. The average molecular weight is 431 g/mol. The van der Waals surface area contributed by atoms with Gasteiger partial charge < -0.3 is 5.32 Å². The first-order chi connectivity index (χ1) is 12.8. The molecule has 9 heteroatoms. The molecule has 1 fully saturated rings. The summed E-state index contributed by atoms with van der Waals surface area (Å²) in [6.07, 6.45) is 2.54. The van der Waals surface area contributed by atoms with Crippen LogP contribution in [0.1, 0.15) is 29.6 Å². The number of anilines is 1. The van der Waals surface area contributed by atoms with Gasteiger partial charge in [-0.15, -0.1) is 0 Å². The third-order valence-electron chi connectivity index (χ3n) is 4.31. The van der Waals surface area contributed by atoms with Gasteiger partial charge in [-0.1, -0.05) is 29.6 Å². The van der Waals surface area contributed by atoms with Crippen LogP contribution in [-0.4, -0.2) is 31.7 Å². The Balaban J connectivity index is 1.88. The van der Waals surface area contributed by atoms with E-state index in [-0.39, 0.29) is 15.5 Å². The second-order valence-electron chi connectivity index (χ2n) is 6.19. The normalized spacial score (nSPS) is 15.5. The molecule has 0 bridgehead atoms. The molecule has 1 heterocycles. The van der Waals surface area contributed by atoms with E-state index in [1.165, 1.54) is 28.6 Å². The standard InChI is InChI=1S/C18H17Cl2FN2O3S/c19-15-6-4-12(10-16(15)20)22-18(24)14-11-13(5-7-17(14)21)27(25,26)23-8-2-1-3-9-23/h4-7,10-11H,1-3,8-9H2,(H,22,24). The van der Waals surface area contributed by atoms with E-state index in [1.54, 1.807) is 0 Å². The Hall–Kier alpha value is -1.67. The second-order valence-corrected chi connectivity index (χ2v) is 8.94. The zero-order valence-electron chi connectivity index (χ0n) is 14.2. The number of halogens is 3. The van der Waals surface area contributed by atoms with Crippen molar-refractivity contribution in [3.05, 3.63) is 57.8 Å². The molecule has 1 aliphatic heterocycles. The number of rotatable bonds is 4. The van der Waals surface area contributed by atoms with Crippen molar-refractivity contribution in [3.63, 3.8) is 0 Å². The quantitative estimate of drug-likeness (QED) is 0.772. The lowest BCUT2D eigenvalue weighted by Gasteiger charge is -2.26. The van der Waals surface area contributed by atoms with E-state index >= 15 is 0 Å². The van der Waals surface area contributed by atoms with Crippen LogP contribution in [0.4, 0.5) is 10.1 Å². The summed E-state index contributed by atoms with van der Waals surface area (Å²) < 4.78 is 41.1. The Bertz CT molecular complexity index is 977. The highest BCUT2D eigenvalue weighted by Gasteiger charge is 2.27. The maximum absolute atomic E-state index is 14.2. The number of piperidine rings is 1. The number of amides is 1. The summed E-state index contributed by atoms with van der Waals surface area (Å²) in [6, 6.07) is 7.65. The van der Waals surface area contributed by atoms with Crippen molar-refractivity contribution in [2.24, 2.45) is 0 Å². The van der Waals surface area contributed by atoms with E-state index in [0.717, 1.165) is 31.4 Å². The average Bonchev–Trinajstić information content (AvgIpc) is 2.65. The topological polar surface area (TPSA) is 66.5 Å². The van der Waals surface area contributed by atoms with E-state index in [0.29, 0.717) is 23.8 Å². The summed E-state index contributed by atoms with van der Waals surface area (Å²) in [5, 5.41) is 3.04. The van der Waals surface area contributed by atoms with Gasteiger partial charge in [0, 0.05) is 18.8 Å². The first kappa shape index (κ1) is 20.1. The van der Waals surface area contributed by atoms with Crippen LogP contribution in [0, 0.1) is 5.82 Å². The lowest BCUT2D eigenvalue weighted by atomic mass is 10.2. The number of carbonyl (C=O) groups excluding carboxylic acids is 1. The van der Waals surface area contributed by atoms with Crippen molar-refractivity contribution in [1.82, 2.24) is 4.31 Å². The Kier molecular flexibility index (Phi) is 6.05. The molecule has 2 aromatic rings. The van der Waals surface area contributed by atoms with Gasteiger partial charge in [-0.2, -0.15) is 4.31 Å². The molecule has 144 valence electrons. The summed E-state index contributed by atoms with van der Waals surface area (Å²) in [4.78, 5) is 12.3. The zero-order valence-corrected chi connectivity index (χ0v) is 16.5. The first-order valence-electron chi connectivity index (χ1n) is 8.35. The van der Waals surface area contributed by atoms with Crippen molar-refractivity contribution in [2.75, 3.05) is 18.4 Å². The Morgan fingerprint density at radius 3 is 2.37 bits per heavy atom. The van der Waals surface area contributed by atoms with Crippen LogP contribution < -0.4 is 5.32 Å². The molecule has 2 aromatic carbocycles. The van der Waals surface area contributed by atoms with Gasteiger partial charge in [0.05, 0.1) is 20.5 Å². The van der Waals surface area contributed by atoms with Crippen LogP contribution >= 0.6 is 23.2 Å². The van der Waals surface area contributed by atoms with Gasteiger partial charge in [-0.25, -0.2) is 12.8 Å². The van der Waals surface area contributed by atoms with Crippen LogP contribution in [0.3, 0.4) is 0 Å². The third kappa shape index (κ3) is 4.43. The third-order valence-corrected chi connectivity index (χ3v) is 6.95. The smallest absolute Gasteiger partial charge is 0.258 e. The van der Waals surface area contributed by atoms with Crippen molar-refractivity contribution >= 4 is 44.8 Å². The van der Waals surface area contributed by atoms with E-state index in [4.69, 9.17) is 23.2 Å². The number of hydrogen-bond acceptors (Lipinski definition) is 3. The maximum Gasteiger partial charge on any atom is 0.258 e. The molecule has 0 spiro atoms. The van der Waals surface area contributed by atoms with Gasteiger partial charge >= 0.3 is 0 Å². The van der Waals surface area contributed by atoms with Crippen molar-refractivity contribution in [1.29, 1.82) is 0 Å². The van der Waals surface area contributed by atoms with E-state index in [9.17, 15) is 17.6 Å². The van der Waals surface area contributed by atoms with Crippen molar-refractivity contribution in [3.8, 4) is 0 Å². The monoisotopic (exact) mass is 430 g/mol. The predicted molar refractivity (Wildman–Crippen MR) is 103 cm³/mol. The van der Waals surface area contributed by atoms with Gasteiger partial charge in [0.15, 0.2) is 0 Å². The Labute approximate surface area is 167 Å². The van der Waals surface area contributed by atoms with Crippen LogP contribution in [0.15, 0.2) is 41.3 Å². The SMILES string of the molecule is O=C(Nc1ccc(Cl)c(Cl)c1)c1cc(S(=O)(=O)N2CCCCC2)ccc1F. The molecule has 0 unspecified atom stereocenters. The lowest BCUT2D eigenvalue weighted by molar-refractivity contribution is 0.102. The van der Waals surface area contributed by atoms with E-state index in [1.807, 2.05) is 0 Å². The van der Waals surface area contributed by atoms with E-state index in [2.05, 4.69) is 5.32 Å².